The predicted molar refractivity (Wildman–Crippen MR) is 101 cm³/mol. The Balaban J connectivity index is 1.40. The van der Waals surface area contributed by atoms with E-state index in [0.717, 1.165) is 75.2 Å². The highest BCUT2D eigenvalue weighted by atomic mass is 16.5. The van der Waals surface area contributed by atoms with Crippen molar-refractivity contribution in [3.8, 4) is 5.75 Å². The number of hydrogen-bond donors (Lipinski definition) is 1. The molecular weight excluding hydrogens is 344 g/mol. The highest BCUT2D eigenvalue weighted by Gasteiger charge is 2.35. The summed E-state index contributed by atoms with van der Waals surface area (Å²) in [5.74, 6) is 0.907. The van der Waals surface area contributed by atoms with Gasteiger partial charge in [0.2, 0.25) is 5.78 Å². The van der Waals surface area contributed by atoms with Crippen molar-refractivity contribution in [3.05, 3.63) is 23.9 Å². The zero-order valence-corrected chi connectivity index (χ0v) is 15.5. The van der Waals surface area contributed by atoms with Crippen LogP contribution in [0, 0.1) is 0 Å². The molecule has 2 aromatic rings. The second-order valence-electron chi connectivity index (χ2n) is 7.78. The Labute approximate surface area is 158 Å². The number of piperazine rings is 1. The number of fused-ring (bicyclic) bond motifs is 5. The smallest absolute Gasteiger partial charge is 0.200 e. The van der Waals surface area contributed by atoms with Crippen LogP contribution in [0.3, 0.4) is 0 Å². The van der Waals surface area contributed by atoms with Crippen LogP contribution in [0.15, 0.2) is 18.2 Å². The number of nitrogens with one attached hydrogen (secondary N) is 1. The van der Waals surface area contributed by atoms with Crippen molar-refractivity contribution in [2.45, 2.75) is 31.4 Å². The van der Waals surface area contributed by atoms with Crippen LogP contribution in [0.25, 0.3) is 10.9 Å². The Bertz CT molecular complexity index is 822. The lowest BCUT2D eigenvalue weighted by molar-refractivity contribution is 0.00749. The van der Waals surface area contributed by atoms with Crippen LogP contribution < -0.4 is 4.74 Å². The third-order valence-corrected chi connectivity index (χ3v) is 6.06. The third-order valence-electron chi connectivity index (χ3n) is 6.06. The largest absolute Gasteiger partial charge is 0.488 e. The number of carbonyl (C=O) groups excluding carboxylic acids is 1. The van der Waals surface area contributed by atoms with Gasteiger partial charge in [0.15, 0.2) is 0 Å². The molecule has 0 aliphatic carbocycles. The minimum Gasteiger partial charge on any atom is -0.488 e. The second kappa shape index (κ2) is 7.22. The van der Waals surface area contributed by atoms with Gasteiger partial charge < -0.3 is 14.4 Å². The number of carbonyl (C=O) groups is 1. The van der Waals surface area contributed by atoms with E-state index in [1.165, 1.54) is 0 Å². The van der Waals surface area contributed by atoms with Crippen LogP contribution in [0.1, 0.15) is 29.8 Å². The van der Waals surface area contributed by atoms with Crippen LogP contribution in [0.2, 0.25) is 0 Å². The zero-order chi connectivity index (χ0) is 18.2. The monoisotopic (exact) mass is 370 g/mol. The summed E-state index contributed by atoms with van der Waals surface area (Å²) in [6, 6.07) is 5.77. The fraction of sp³-hybridized carbons (Fsp3) is 0.600. The van der Waals surface area contributed by atoms with Gasteiger partial charge >= 0.3 is 0 Å². The van der Waals surface area contributed by atoms with Gasteiger partial charge in [0, 0.05) is 44.7 Å². The van der Waals surface area contributed by atoms with Crippen LogP contribution in [-0.4, -0.2) is 83.9 Å². The number of ether oxygens (including phenoxy) is 2. The summed E-state index contributed by atoms with van der Waals surface area (Å²) in [5, 5.41) is 8.25. The average molecular weight is 370 g/mol. The van der Waals surface area contributed by atoms with Crippen LogP contribution in [0.4, 0.5) is 0 Å². The number of hydrogen-bond acceptors (Lipinski definition) is 6. The molecule has 144 valence electrons. The topological polar surface area (TPSA) is 70.7 Å². The number of ketones is 1. The predicted octanol–water partition coefficient (Wildman–Crippen LogP) is 1.69. The number of aromatic amines is 1. The molecule has 27 heavy (non-hydrogen) atoms. The summed E-state index contributed by atoms with van der Waals surface area (Å²) in [4.78, 5) is 18.1. The molecule has 0 radical (unpaired) electrons. The van der Waals surface area contributed by atoms with Gasteiger partial charge in [-0.2, -0.15) is 5.10 Å². The molecule has 0 amide bonds. The van der Waals surface area contributed by atoms with Gasteiger partial charge in [-0.1, -0.05) is 0 Å². The molecule has 0 spiro atoms. The van der Waals surface area contributed by atoms with Crippen LogP contribution in [-0.2, 0) is 4.74 Å². The highest BCUT2D eigenvalue weighted by molar-refractivity contribution is 6.08. The molecule has 4 saturated heterocycles. The molecule has 1 N–H and O–H groups in total. The lowest BCUT2D eigenvalue weighted by Crippen LogP contribution is -2.47. The van der Waals surface area contributed by atoms with E-state index in [4.69, 9.17) is 9.47 Å². The standard InChI is InChI=1S/C20H26N4O3/c25-20(18-5-6-23-7-9-24(18)10-8-23)19-16-12-14(3-4-17(16)21-22-19)27-15-2-1-11-26-13-15/h3-4,12,15,18H,1-2,5-11,13H2,(H,21,22). The first-order chi connectivity index (χ1) is 13.3. The highest BCUT2D eigenvalue weighted by Crippen LogP contribution is 2.27. The third kappa shape index (κ3) is 3.35. The first-order valence-corrected chi connectivity index (χ1v) is 10.0. The van der Waals surface area contributed by atoms with Crippen LogP contribution >= 0.6 is 0 Å². The molecule has 4 fully saturated rings. The van der Waals surface area contributed by atoms with Gasteiger partial charge in [0.05, 0.1) is 18.2 Å². The Morgan fingerprint density at radius 1 is 1.19 bits per heavy atom. The van der Waals surface area contributed by atoms with Gasteiger partial charge in [0.25, 0.3) is 0 Å². The molecule has 2 unspecified atom stereocenters. The SMILES string of the molecule is O=C(c1n[nH]c2ccc(OC3CCCOC3)cc12)C1CCN2CCN1CC2. The summed E-state index contributed by atoms with van der Waals surface area (Å²) in [6.45, 7) is 6.49. The molecule has 7 nitrogen and oxygen atoms in total. The number of aromatic nitrogens is 2. The van der Waals surface area contributed by atoms with Gasteiger partial charge in [-0.3, -0.25) is 14.8 Å². The summed E-state index contributed by atoms with van der Waals surface area (Å²) < 4.78 is 11.6. The normalized spacial score (nSPS) is 31.0. The number of H-pyrrole nitrogens is 1. The molecule has 2 atom stereocenters. The second-order valence-corrected chi connectivity index (χ2v) is 7.78. The number of nitrogens with zero attached hydrogens (tertiary/aromatic N) is 3. The Kier molecular flexibility index (Phi) is 4.59. The van der Waals surface area contributed by atoms with E-state index in [-0.39, 0.29) is 17.9 Å². The van der Waals surface area contributed by atoms with Gasteiger partial charge in [0.1, 0.15) is 17.5 Å². The van der Waals surface area contributed by atoms with Crippen molar-refractivity contribution in [2.24, 2.45) is 0 Å². The lowest BCUT2D eigenvalue weighted by Gasteiger charge is -2.32. The molecule has 0 saturated carbocycles. The summed E-state index contributed by atoms with van der Waals surface area (Å²) in [7, 11) is 0. The average Bonchev–Trinajstić information content (AvgIpc) is 2.89. The molecule has 2 bridgehead atoms. The number of benzene rings is 1. The van der Waals surface area contributed by atoms with E-state index >= 15 is 0 Å². The van der Waals surface area contributed by atoms with Gasteiger partial charge in [-0.15, -0.1) is 0 Å². The number of Topliss-reactive ketones (excluding diaryl/α,β-unsaturated/α-hetero) is 1. The Hall–Kier alpha value is -1.96. The molecule has 1 aromatic carbocycles. The van der Waals surface area contributed by atoms with E-state index in [9.17, 15) is 4.79 Å². The quantitative estimate of drug-likeness (QED) is 0.826. The Morgan fingerprint density at radius 3 is 2.89 bits per heavy atom. The first kappa shape index (κ1) is 17.2. The maximum atomic E-state index is 13.3. The van der Waals surface area contributed by atoms with E-state index in [2.05, 4.69) is 20.0 Å². The fourth-order valence-electron chi connectivity index (χ4n) is 4.49. The van der Waals surface area contributed by atoms with E-state index in [0.29, 0.717) is 12.3 Å². The first-order valence-electron chi connectivity index (χ1n) is 10.0. The minimum absolute atomic E-state index is 0.0691. The minimum atomic E-state index is -0.0691. The lowest BCUT2D eigenvalue weighted by atomic mass is 10.0. The van der Waals surface area contributed by atoms with E-state index < -0.39 is 0 Å². The van der Waals surface area contributed by atoms with Crippen molar-refractivity contribution in [1.29, 1.82) is 0 Å². The van der Waals surface area contributed by atoms with Gasteiger partial charge in [-0.05, 0) is 37.5 Å². The van der Waals surface area contributed by atoms with Crippen molar-refractivity contribution in [1.82, 2.24) is 20.0 Å². The molecule has 1 aromatic heterocycles. The zero-order valence-electron chi connectivity index (χ0n) is 15.5. The molecule has 4 aliphatic heterocycles. The molecular formula is C20H26N4O3. The van der Waals surface area contributed by atoms with Gasteiger partial charge in [-0.25, -0.2) is 0 Å². The van der Waals surface area contributed by atoms with Crippen LogP contribution in [0.5, 0.6) is 5.75 Å². The summed E-state index contributed by atoms with van der Waals surface area (Å²) in [6.07, 6.45) is 2.99. The summed E-state index contributed by atoms with van der Waals surface area (Å²) >= 11 is 0. The van der Waals surface area contributed by atoms with Crippen molar-refractivity contribution in [2.75, 3.05) is 45.9 Å². The van der Waals surface area contributed by atoms with Crippen molar-refractivity contribution >= 4 is 16.7 Å². The molecule has 6 rings (SSSR count). The van der Waals surface area contributed by atoms with Crippen molar-refractivity contribution < 1.29 is 14.3 Å². The van der Waals surface area contributed by atoms with Crippen molar-refractivity contribution in [3.63, 3.8) is 0 Å². The van der Waals surface area contributed by atoms with E-state index in [1.54, 1.807) is 0 Å². The molecule has 5 heterocycles. The maximum Gasteiger partial charge on any atom is 0.200 e. The Morgan fingerprint density at radius 2 is 2.07 bits per heavy atom. The summed E-state index contributed by atoms with van der Waals surface area (Å²) in [5.41, 5.74) is 1.42. The number of rotatable bonds is 4. The molecule has 7 heteroatoms. The molecule has 4 aliphatic rings. The van der Waals surface area contributed by atoms with E-state index in [1.807, 2.05) is 18.2 Å². The maximum absolute atomic E-state index is 13.3. The fourth-order valence-corrected chi connectivity index (χ4v) is 4.49.